The largest absolute Gasteiger partial charge is 0.330 e. The molecule has 0 heterocycles. The molecule has 0 spiro atoms. The molecule has 0 aromatic carbocycles. The summed E-state index contributed by atoms with van der Waals surface area (Å²) < 4.78 is 0. The first kappa shape index (κ1) is 14.9. The Bertz CT molecular complexity index is 107. The second kappa shape index (κ2) is 12.0. The van der Waals surface area contributed by atoms with Gasteiger partial charge in [-0.05, 0) is 51.9 Å². The van der Waals surface area contributed by atoms with E-state index in [0.717, 1.165) is 6.54 Å². The van der Waals surface area contributed by atoms with Gasteiger partial charge in [-0.15, -0.1) is 0 Å². The van der Waals surface area contributed by atoms with Gasteiger partial charge in [-0.25, -0.2) is 0 Å². The van der Waals surface area contributed by atoms with E-state index < -0.39 is 0 Å². The molecule has 0 aromatic heterocycles. The average molecular weight is 214 g/mol. The Balaban J connectivity index is 3.49. The molecule has 2 nitrogen and oxygen atoms in total. The fourth-order valence-electron chi connectivity index (χ4n) is 1.76. The van der Waals surface area contributed by atoms with E-state index >= 15 is 0 Å². The van der Waals surface area contributed by atoms with E-state index in [-0.39, 0.29) is 0 Å². The van der Waals surface area contributed by atoms with Crippen molar-refractivity contribution in [3.8, 4) is 0 Å². The molecule has 0 fully saturated rings. The van der Waals surface area contributed by atoms with E-state index in [1.54, 1.807) is 0 Å². The van der Waals surface area contributed by atoms with Gasteiger partial charge in [0.2, 0.25) is 0 Å². The van der Waals surface area contributed by atoms with E-state index in [2.05, 4.69) is 18.7 Å². The van der Waals surface area contributed by atoms with Crippen LogP contribution in [-0.2, 0) is 0 Å². The quantitative estimate of drug-likeness (QED) is 0.536. The van der Waals surface area contributed by atoms with Gasteiger partial charge in [0.15, 0.2) is 0 Å². The van der Waals surface area contributed by atoms with Crippen LogP contribution in [0.25, 0.3) is 0 Å². The Hall–Kier alpha value is -0.0800. The first-order chi connectivity index (χ1) is 7.35. The Morgan fingerprint density at radius 3 is 1.73 bits per heavy atom. The van der Waals surface area contributed by atoms with Crippen molar-refractivity contribution in [3.05, 3.63) is 0 Å². The zero-order valence-electron chi connectivity index (χ0n) is 10.8. The van der Waals surface area contributed by atoms with Gasteiger partial charge in [0.1, 0.15) is 0 Å². The van der Waals surface area contributed by atoms with Crippen molar-refractivity contribution in [2.45, 2.75) is 58.8 Å². The number of nitrogens with zero attached hydrogens (tertiary/aromatic N) is 1. The standard InChI is InChI=1S/C13H30N2/c1-3-5-11-15(12-6-4-2)13-9-7-8-10-14/h3-14H2,1-2H3. The second-order valence-electron chi connectivity index (χ2n) is 4.40. The van der Waals surface area contributed by atoms with E-state index in [4.69, 9.17) is 5.73 Å². The van der Waals surface area contributed by atoms with Crippen LogP contribution in [0.5, 0.6) is 0 Å². The van der Waals surface area contributed by atoms with Gasteiger partial charge < -0.3 is 10.6 Å². The first-order valence-corrected chi connectivity index (χ1v) is 6.77. The third-order valence-electron chi connectivity index (χ3n) is 2.83. The minimum Gasteiger partial charge on any atom is -0.330 e. The van der Waals surface area contributed by atoms with Crippen LogP contribution >= 0.6 is 0 Å². The van der Waals surface area contributed by atoms with E-state index in [1.165, 1.54) is 64.6 Å². The average Bonchev–Trinajstić information content (AvgIpc) is 2.27. The summed E-state index contributed by atoms with van der Waals surface area (Å²) in [6.45, 7) is 9.25. The second-order valence-corrected chi connectivity index (χ2v) is 4.40. The number of rotatable bonds is 11. The number of nitrogens with two attached hydrogens (primary N) is 1. The van der Waals surface area contributed by atoms with E-state index in [9.17, 15) is 0 Å². The maximum Gasteiger partial charge on any atom is -0.00187 e. The minimum absolute atomic E-state index is 0.851. The molecule has 0 unspecified atom stereocenters. The number of unbranched alkanes of at least 4 members (excludes halogenated alkanes) is 4. The van der Waals surface area contributed by atoms with Crippen molar-refractivity contribution in [2.24, 2.45) is 5.73 Å². The van der Waals surface area contributed by atoms with Crippen LogP contribution in [0.15, 0.2) is 0 Å². The molecule has 0 bridgehead atoms. The summed E-state index contributed by atoms with van der Waals surface area (Å²) in [5, 5.41) is 0. The molecule has 0 aliphatic rings. The summed E-state index contributed by atoms with van der Waals surface area (Å²) in [5.41, 5.74) is 5.49. The highest BCUT2D eigenvalue weighted by Crippen LogP contribution is 2.03. The molecule has 0 aromatic rings. The lowest BCUT2D eigenvalue weighted by Gasteiger charge is -2.21. The van der Waals surface area contributed by atoms with Crippen LogP contribution in [0.3, 0.4) is 0 Å². The van der Waals surface area contributed by atoms with Crippen molar-refractivity contribution < 1.29 is 0 Å². The summed E-state index contributed by atoms with van der Waals surface area (Å²) in [5.74, 6) is 0. The monoisotopic (exact) mass is 214 g/mol. The van der Waals surface area contributed by atoms with Crippen LogP contribution in [0.4, 0.5) is 0 Å². The lowest BCUT2D eigenvalue weighted by Crippen LogP contribution is -2.27. The summed E-state index contributed by atoms with van der Waals surface area (Å²) in [6, 6.07) is 0. The van der Waals surface area contributed by atoms with E-state index in [1.807, 2.05) is 0 Å². The summed E-state index contributed by atoms with van der Waals surface area (Å²) in [6.07, 6.45) is 9.13. The topological polar surface area (TPSA) is 29.3 Å². The molecule has 0 amide bonds. The lowest BCUT2D eigenvalue weighted by atomic mass is 10.2. The van der Waals surface area contributed by atoms with Crippen molar-refractivity contribution in [1.29, 1.82) is 0 Å². The molecule has 2 heteroatoms. The molecule has 0 saturated heterocycles. The van der Waals surface area contributed by atoms with E-state index in [0.29, 0.717) is 0 Å². The highest BCUT2D eigenvalue weighted by atomic mass is 15.1. The third kappa shape index (κ3) is 10.2. The smallest absolute Gasteiger partial charge is 0.00187 e. The minimum atomic E-state index is 0.851. The van der Waals surface area contributed by atoms with Crippen LogP contribution < -0.4 is 5.73 Å². The Morgan fingerprint density at radius 1 is 0.733 bits per heavy atom. The van der Waals surface area contributed by atoms with Gasteiger partial charge in [0.05, 0.1) is 0 Å². The summed E-state index contributed by atoms with van der Waals surface area (Å²) >= 11 is 0. The van der Waals surface area contributed by atoms with Gasteiger partial charge in [0, 0.05) is 0 Å². The Morgan fingerprint density at radius 2 is 1.27 bits per heavy atom. The molecule has 0 aliphatic carbocycles. The van der Waals surface area contributed by atoms with Crippen molar-refractivity contribution in [2.75, 3.05) is 26.2 Å². The van der Waals surface area contributed by atoms with Gasteiger partial charge >= 0.3 is 0 Å². The predicted octanol–water partition coefficient (Wildman–Crippen LogP) is 3.02. The Kier molecular flexibility index (Phi) is 11.9. The molecule has 0 rings (SSSR count). The number of hydrogen-bond acceptors (Lipinski definition) is 2. The van der Waals surface area contributed by atoms with Gasteiger partial charge in [0.25, 0.3) is 0 Å². The zero-order valence-corrected chi connectivity index (χ0v) is 10.8. The normalized spacial score (nSPS) is 11.2. The maximum absolute atomic E-state index is 5.49. The van der Waals surface area contributed by atoms with Gasteiger partial charge in [-0.1, -0.05) is 33.1 Å². The molecular weight excluding hydrogens is 184 g/mol. The summed E-state index contributed by atoms with van der Waals surface area (Å²) in [4.78, 5) is 2.63. The van der Waals surface area contributed by atoms with Crippen LogP contribution in [0.2, 0.25) is 0 Å². The molecule has 15 heavy (non-hydrogen) atoms. The van der Waals surface area contributed by atoms with Crippen molar-refractivity contribution in [3.63, 3.8) is 0 Å². The van der Waals surface area contributed by atoms with Crippen LogP contribution in [0, 0.1) is 0 Å². The molecular formula is C13H30N2. The maximum atomic E-state index is 5.49. The molecule has 0 atom stereocenters. The highest BCUT2D eigenvalue weighted by Gasteiger charge is 2.02. The van der Waals surface area contributed by atoms with Crippen molar-refractivity contribution in [1.82, 2.24) is 4.90 Å². The third-order valence-corrected chi connectivity index (χ3v) is 2.83. The first-order valence-electron chi connectivity index (χ1n) is 6.77. The fourth-order valence-corrected chi connectivity index (χ4v) is 1.76. The van der Waals surface area contributed by atoms with Crippen molar-refractivity contribution >= 4 is 0 Å². The fraction of sp³-hybridized carbons (Fsp3) is 1.00. The number of hydrogen-bond donors (Lipinski definition) is 1. The lowest BCUT2D eigenvalue weighted by molar-refractivity contribution is 0.259. The highest BCUT2D eigenvalue weighted by molar-refractivity contribution is 4.58. The molecule has 0 aliphatic heterocycles. The molecule has 2 N–H and O–H groups in total. The van der Waals surface area contributed by atoms with Gasteiger partial charge in [-0.2, -0.15) is 0 Å². The van der Waals surface area contributed by atoms with Gasteiger partial charge in [-0.3, -0.25) is 0 Å². The molecule has 0 radical (unpaired) electrons. The Labute approximate surface area is 96.2 Å². The predicted molar refractivity (Wildman–Crippen MR) is 69.2 cm³/mol. The molecule has 92 valence electrons. The zero-order chi connectivity index (χ0) is 11.4. The summed E-state index contributed by atoms with van der Waals surface area (Å²) in [7, 11) is 0. The SMILES string of the molecule is CCCCN(CCCC)CCCCCN. The van der Waals surface area contributed by atoms with Crippen LogP contribution in [0.1, 0.15) is 58.8 Å². The van der Waals surface area contributed by atoms with Crippen LogP contribution in [-0.4, -0.2) is 31.1 Å². The molecule has 0 saturated carbocycles.